The summed E-state index contributed by atoms with van der Waals surface area (Å²) in [6.07, 6.45) is 0. The smallest absolute Gasteiger partial charge is 0.0623 e. The van der Waals surface area contributed by atoms with E-state index >= 15 is 0 Å². The molecule has 0 spiro atoms. The molecule has 2 rings (SSSR count). The van der Waals surface area contributed by atoms with Gasteiger partial charge in [0.25, 0.3) is 0 Å². The molecular formula is C18H24Si. The summed E-state index contributed by atoms with van der Waals surface area (Å²) < 4.78 is 0. The van der Waals surface area contributed by atoms with Gasteiger partial charge in [-0.25, -0.2) is 0 Å². The lowest BCUT2D eigenvalue weighted by Gasteiger charge is -2.25. The normalized spacial score (nSPS) is 11.7. The van der Waals surface area contributed by atoms with Crippen LogP contribution in [0, 0.1) is 27.7 Å². The van der Waals surface area contributed by atoms with E-state index in [-0.39, 0.29) is 0 Å². The highest BCUT2D eigenvalue weighted by Gasteiger charge is 2.26. The van der Waals surface area contributed by atoms with Crippen molar-refractivity contribution in [3.8, 4) is 0 Å². The number of hydrogen-bond acceptors (Lipinski definition) is 0. The molecule has 0 heterocycles. The zero-order chi connectivity index (χ0) is 14.2. The maximum atomic E-state index is 2.45. The van der Waals surface area contributed by atoms with Gasteiger partial charge in [0.05, 0.1) is 0 Å². The van der Waals surface area contributed by atoms with Crippen molar-refractivity contribution in [2.45, 2.75) is 40.8 Å². The van der Waals surface area contributed by atoms with E-state index in [0.717, 1.165) is 0 Å². The van der Waals surface area contributed by atoms with Crippen LogP contribution in [0.4, 0.5) is 0 Å². The lowest BCUT2D eigenvalue weighted by Crippen LogP contribution is -2.53. The van der Waals surface area contributed by atoms with Crippen LogP contribution in [-0.4, -0.2) is 8.07 Å². The molecule has 0 atom stereocenters. The minimum absolute atomic E-state index is 1.38. The van der Waals surface area contributed by atoms with E-state index in [4.69, 9.17) is 0 Å². The van der Waals surface area contributed by atoms with Crippen molar-refractivity contribution in [2.24, 2.45) is 0 Å². The first-order valence-electron chi connectivity index (χ1n) is 6.98. The molecule has 2 aromatic carbocycles. The second-order valence-corrected chi connectivity index (χ2v) is 10.6. The molecule has 0 aliphatic carbocycles. The third-order valence-electron chi connectivity index (χ3n) is 4.46. The monoisotopic (exact) mass is 268 g/mol. The van der Waals surface area contributed by atoms with Crippen molar-refractivity contribution in [1.82, 2.24) is 0 Å². The minimum atomic E-state index is -1.56. The summed E-state index contributed by atoms with van der Waals surface area (Å²) >= 11 is 0. The predicted octanol–water partition coefficient (Wildman–Crippen LogP) is 3.74. The fourth-order valence-electron chi connectivity index (χ4n) is 2.43. The fraction of sp³-hybridized carbons (Fsp3) is 0.333. The van der Waals surface area contributed by atoms with Crippen LogP contribution >= 0.6 is 0 Å². The first kappa shape index (κ1) is 14.1. The van der Waals surface area contributed by atoms with Crippen LogP contribution in [0.2, 0.25) is 13.1 Å². The van der Waals surface area contributed by atoms with Crippen molar-refractivity contribution in [2.75, 3.05) is 0 Å². The SMILES string of the molecule is Cc1ccc([Si](C)(C)c2ccc(C)c(C)c2)cc1C. The highest BCUT2D eigenvalue weighted by atomic mass is 28.3. The van der Waals surface area contributed by atoms with Crippen molar-refractivity contribution >= 4 is 18.4 Å². The molecule has 0 nitrogen and oxygen atoms in total. The molecule has 0 saturated heterocycles. The molecule has 0 bridgehead atoms. The van der Waals surface area contributed by atoms with E-state index in [9.17, 15) is 0 Å². The maximum absolute atomic E-state index is 2.45. The first-order chi connectivity index (χ1) is 8.82. The van der Waals surface area contributed by atoms with Crippen molar-refractivity contribution < 1.29 is 0 Å². The van der Waals surface area contributed by atoms with Gasteiger partial charge in [0.2, 0.25) is 0 Å². The zero-order valence-electron chi connectivity index (χ0n) is 13.0. The molecule has 0 radical (unpaired) electrons. The Balaban J connectivity index is 2.51. The molecule has 0 aliphatic heterocycles. The molecule has 100 valence electrons. The van der Waals surface area contributed by atoms with Gasteiger partial charge in [-0.15, -0.1) is 0 Å². The molecule has 0 unspecified atom stereocenters. The molecule has 0 amide bonds. The van der Waals surface area contributed by atoms with Crippen LogP contribution in [0.25, 0.3) is 0 Å². The fourth-order valence-corrected chi connectivity index (χ4v) is 4.92. The van der Waals surface area contributed by atoms with Gasteiger partial charge in [-0.05, 0) is 49.9 Å². The Hall–Kier alpha value is -1.34. The maximum Gasteiger partial charge on any atom is 0.112 e. The van der Waals surface area contributed by atoms with Crippen LogP contribution in [-0.2, 0) is 0 Å². The summed E-state index contributed by atoms with van der Waals surface area (Å²) in [4.78, 5) is 0. The Kier molecular flexibility index (Phi) is 3.68. The van der Waals surface area contributed by atoms with Gasteiger partial charge in [-0.1, -0.05) is 59.9 Å². The minimum Gasteiger partial charge on any atom is -0.0623 e. The molecule has 0 aromatic heterocycles. The lowest BCUT2D eigenvalue weighted by atomic mass is 10.1. The third kappa shape index (κ3) is 2.66. The van der Waals surface area contributed by atoms with Crippen LogP contribution < -0.4 is 10.4 Å². The molecule has 0 saturated carbocycles. The molecule has 1 heteroatoms. The zero-order valence-corrected chi connectivity index (χ0v) is 14.0. The van der Waals surface area contributed by atoms with Crippen LogP contribution in [0.1, 0.15) is 22.3 Å². The van der Waals surface area contributed by atoms with Crippen molar-refractivity contribution in [3.05, 3.63) is 58.7 Å². The number of hydrogen-bond donors (Lipinski definition) is 0. The van der Waals surface area contributed by atoms with E-state index in [2.05, 4.69) is 77.2 Å². The van der Waals surface area contributed by atoms with E-state index in [1.807, 2.05) is 0 Å². The van der Waals surface area contributed by atoms with Gasteiger partial charge >= 0.3 is 0 Å². The second kappa shape index (κ2) is 4.97. The Morgan fingerprint density at radius 2 is 0.947 bits per heavy atom. The van der Waals surface area contributed by atoms with Gasteiger partial charge < -0.3 is 0 Å². The second-order valence-electron chi connectivity index (χ2n) is 6.22. The van der Waals surface area contributed by atoms with Gasteiger partial charge in [-0.2, -0.15) is 0 Å². The quantitative estimate of drug-likeness (QED) is 0.728. The summed E-state index contributed by atoms with van der Waals surface area (Å²) in [7, 11) is -1.56. The first-order valence-corrected chi connectivity index (χ1v) is 9.98. The standard InChI is InChI=1S/C18H24Si/c1-13-7-9-17(11-15(13)3)19(5,6)18-10-8-14(2)16(4)12-18/h7-12H,1-6H3. The summed E-state index contributed by atoms with van der Waals surface area (Å²) in [6.45, 7) is 13.7. The Morgan fingerprint density at radius 3 is 1.26 bits per heavy atom. The van der Waals surface area contributed by atoms with E-state index < -0.39 is 8.07 Å². The molecular weight excluding hydrogens is 244 g/mol. The van der Waals surface area contributed by atoms with Crippen LogP contribution in [0.15, 0.2) is 36.4 Å². The summed E-state index contributed by atoms with van der Waals surface area (Å²) in [6, 6.07) is 13.9. The molecule has 0 aliphatic rings. The number of benzene rings is 2. The highest BCUT2D eigenvalue weighted by Crippen LogP contribution is 2.12. The third-order valence-corrected chi connectivity index (χ3v) is 7.97. The predicted molar refractivity (Wildman–Crippen MR) is 88.6 cm³/mol. The van der Waals surface area contributed by atoms with Crippen molar-refractivity contribution in [1.29, 1.82) is 0 Å². The van der Waals surface area contributed by atoms with Crippen LogP contribution in [0.5, 0.6) is 0 Å². The van der Waals surface area contributed by atoms with Gasteiger partial charge in [-0.3, -0.25) is 0 Å². The molecule has 2 aromatic rings. The lowest BCUT2D eigenvalue weighted by molar-refractivity contribution is 1.34. The Labute approximate surface area is 118 Å². The molecule has 19 heavy (non-hydrogen) atoms. The summed E-state index contributed by atoms with van der Waals surface area (Å²) in [5.41, 5.74) is 5.58. The summed E-state index contributed by atoms with van der Waals surface area (Å²) in [5, 5.41) is 3.05. The molecule has 0 N–H and O–H groups in total. The van der Waals surface area contributed by atoms with Crippen LogP contribution in [0.3, 0.4) is 0 Å². The van der Waals surface area contributed by atoms with Gasteiger partial charge in [0.1, 0.15) is 8.07 Å². The van der Waals surface area contributed by atoms with E-state index in [1.165, 1.54) is 32.6 Å². The van der Waals surface area contributed by atoms with E-state index in [1.54, 1.807) is 0 Å². The average molecular weight is 268 g/mol. The Bertz CT molecular complexity index is 556. The number of aryl methyl sites for hydroxylation is 4. The summed E-state index contributed by atoms with van der Waals surface area (Å²) in [5.74, 6) is 0. The van der Waals surface area contributed by atoms with E-state index in [0.29, 0.717) is 0 Å². The number of rotatable bonds is 2. The topological polar surface area (TPSA) is 0 Å². The van der Waals surface area contributed by atoms with Crippen molar-refractivity contribution in [3.63, 3.8) is 0 Å². The molecule has 0 fully saturated rings. The Morgan fingerprint density at radius 1 is 0.579 bits per heavy atom. The van der Waals surface area contributed by atoms with Gasteiger partial charge in [0, 0.05) is 0 Å². The largest absolute Gasteiger partial charge is 0.112 e. The average Bonchev–Trinajstić information content (AvgIpc) is 2.35. The highest BCUT2D eigenvalue weighted by molar-refractivity contribution is 7.00. The van der Waals surface area contributed by atoms with Gasteiger partial charge in [0.15, 0.2) is 0 Å².